The molecule has 1 atom stereocenters. The molecule has 0 saturated carbocycles. The van der Waals surface area contributed by atoms with Crippen molar-refractivity contribution < 1.29 is 9.53 Å². The molecule has 0 aliphatic heterocycles. The topological polar surface area (TPSA) is 97.2 Å². The summed E-state index contributed by atoms with van der Waals surface area (Å²) < 4.78 is 7.33. The Morgan fingerprint density at radius 2 is 2.23 bits per heavy atom. The van der Waals surface area contributed by atoms with Crippen LogP contribution in [-0.2, 0) is 6.61 Å². The summed E-state index contributed by atoms with van der Waals surface area (Å²) in [6.45, 7) is 2.18. The molecule has 3 heterocycles. The zero-order chi connectivity index (χ0) is 17.9. The maximum atomic E-state index is 12.4. The quantitative estimate of drug-likeness (QED) is 0.545. The van der Waals surface area contributed by atoms with Gasteiger partial charge in [0.25, 0.3) is 5.91 Å². The lowest BCUT2D eigenvalue weighted by atomic mass is 10.2. The number of H-pyrrole nitrogens is 1. The van der Waals surface area contributed by atoms with Crippen molar-refractivity contribution in [2.45, 2.75) is 19.6 Å². The first-order valence-electron chi connectivity index (χ1n) is 8.01. The van der Waals surface area contributed by atoms with Crippen molar-refractivity contribution >= 4 is 22.2 Å². The Balaban J connectivity index is 1.37. The van der Waals surface area contributed by atoms with Crippen molar-refractivity contribution in [2.24, 2.45) is 0 Å². The smallest absolute Gasteiger partial charge is 0.272 e. The van der Waals surface area contributed by atoms with Crippen LogP contribution in [0.1, 0.15) is 34.8 Å². The molecule has 0 radical (unpaired) electrons. The van der Waals surface area contributed by atoms with Crippen LogP contribution in [0.3, 0.4) is 0 Å². The molecule has 26 heavy (non-hydrogen) atoms. The number of nitrogens with one attached hydrogen (secondary N) is 2. The Labute approximate surface area is 152 Å². The van der Waals surface area contributed by atoms with Gasteiger partial charge in [0.15, 0.2) is 0 Å². The Kier molecular flexibility index (Phi) is 4.36. The van der Waals surface area contributed by atoms with E-state index in [2.05, 4.69) is 25.6 Å². The number of benzene rings is 1. The monoisotopic (exact) mass is 368 g/mol. The molecule has 0 aliphatic rings. The van der Waals surface area contributed by atoms with E-state index in [1.165, 1.54) is 11.3 Å². The Hall–Kier alpha value is -3.20. The van der Waals surface area contributed by atoms with Crippen molar-refractivity contribution in [3.05, 3.63) is 65.2 Å². The number of ether oxygens (including phenoxy) is 1. The van der Waals surface area contributed by atoms with E-state index in [-0.39, 0.29) is 11.9 Å². The third kappa shape index (κ3) is 3.42. The van der Waals surface area contributed by atoms with Crippen LogP contribution in [0, 0.1) is 0 Å². The van der Waals surface area contributed by atoms with Gasteiger partial charge in [-0.25, -0.2) is 9.50 Å². The molecule has 3 aromatic heterocycles. The lowest BCUT2D eigenvalue weighted by Crippen LogP contribution is -2.27. The molecule has 0 spiro atoms. The van der Waals surface area contributed by atoms with Gasteiger partial charge >= 0.3 is 0 Å². The average Bonchev–Trinajstić information content (AvgIpc) is 3.36. The molecule has 0 bridgehead atoms. The fourth-order valence-corrected chi connectivity index (χ4v) is 3.05. The molecule has 8 nitrogen and oxygen atoms in total. The molecule has 4 rings (SSSR count). The first-order valence-corrected chi connectivity index (χ1v) is 8.89. The number of amides is 1. The first kappa shape index (κ1) is 16.3. The molecule has 1 amide bonds. The summed E-state index contributed by atoms with van der Waals surface area (Å²) in [5.74, 6) is 0.485. The van der Waals surface area contributed by atoms with Gasteiger partial charge in [-0.3, -0.25) is 9.89 Å². The van der Waals surface area contributed by atoms with Crippen LogP contribution in [0.25, 0.3) is 4.96 Å². The number of hydrogen-bond donors (Lipinski definition) is 2. The molecule has 132 valence electrons. The van der Waals surface area contributed by atoms with E-state index in [1.54, 1.807) is 22.3 Å². The fraction of sp³-hybridized carbons (Fsp3) is 0.176. The van der Waals surface area contributed by atoms with Gasteiger partial charge in [-0.05, 0) is 25.1 Å². The second kappa shape index (κ2) is 6.96. The summed E-state index contributed by atoms with van der Waals surface area (Å²) in [4.78, 5) is 17.6. The fourth-order valence-electron chi connectivity index (χ4n) is 2.44. The highest BCUT2D eigenvalue weighted by Crippen LogP contribution is 2.16. The minimum Gasteiger partial charge on any atom is -0.487 e. The molecular weight excluding hydrogens is 352 g/mol. The van der Waals surface area contributed by atoms with E-state index < -0.39 is 0 Å². The van der Waals surface area contributed by atoms with Gasteiger partial charge in [-0.1, -0.05) is 29.5 Å². The summed E-state index contributed by atoms with van der Waals surface area (Å²) >= 11 is 1.44. The van der Waals surface area contributed by atoms with Gasteiger partial charge in [-0.15, -0.1) is 0 Å². The van der Waals surface area contributed by atoms with Gasteiger partial charge in [0, 0.05) is 0 Å². The Morgan fingerprint density at radius 1 is 1.38 bits per heavy atom. The van der Waals surface area contributed by atoms with Crippen molar-refractivity contribution in [3.63, 3.8) is 0 Å². The van der Waals surface area contributed by atoms with E-state index >= 15 is 0 Å². The minimum absolute atomic E-state index is 0.253. The number of carbonyl (C=O) groups is 1. The molecule has 0 saturated heterocycles. The largest absolute Gasteiger partial charge is 0.487 e. The molecular formula is C17H16N6O2S. The summed E-state index contributed by atoms with van der Waals surface area (Å²) in [7, 11) is 0. The Morgan fingerprint density at radius 3 is 3.04 bits per heavy atom. The minimum atomic E-state index is -0.274. The zero-order valence-electron chi connectivity index (χ0n) is 13.9. The van der Waals surface area contributed by atoms with Crippen LogP contribution in [0.4, 0.5) is 0 Å². The van der Waals surface area contributed by atoms with E-state index in [0.717, 1.165) is 22.1 Å². The lowest BCUT2D eigenvalue weighted by molar-refractivity contribution is 0.0934. The summed E-state index contributed by atoms with van der Waals surface area (Å²) in [5.41, 5.74) is 3.50. The second-order valence-corrected chi connectivity index (χ2v) is 6.52. The number of carbonyl (C=O) groups excluding carboxylic acids is 1. The molecule has 9 heteroatoms. The van der Waals surface area contributed by atoms with Crippen molar-refractivity contribution in [2.75, 3.05) is 0 Å². The highest BCUT2D eigenvalue weighted by Gasteiger charge is 2.17. The number of nitrogens with zero attached hydrogens (tertiary/aromatic N) is 4. The maximum absolute atomic E-state index is 12.4. The summed E-state index contributed by atoms with van der Waals surface area (Å²) in [6, 6.07) is 10.9. The SMILES string of the molecule is CC(NC(=O)c1cc(COc2ccccc2)[nH]n1)c1cn2ncsc2n1. The predicted octanol–water partition coefficient (Wildman–Crippen LogP) is 2.58. The number of fused-ring (bicyclic) bond motifs is 1. The normalized spacial score (nSPS) is 12.2. The van der Waals surface area contributed by atoms with Crippen molar-refractivity contribution in [3.8, 4) is 5.75 Å². The van der Waals surface area contributed by atoms with E-state index in [4.69, 9.17) is 4.74 Å². The lowest BCUT2D eigenvalue weighted by Gasteiger charge is -2.09. The number of rotatable bonds is 6. The second-order valence-electron chi connectivity index (χ2n) is 5.71. The molecule has 4 aromatic rings. The number of hydrogen-bond acceptors (Lipinski definition) is 6. The summed E-state index contributed by atoms with van der Waals surface area (Å²) in [6.07, 6.45) is 1.81. The van der Waals surface area contributed by atoms with E-state index in [0.29, 0.717) is 12.3 Å². The predicted molar refractivity (Wildman–Crippen MR) is 96.1 cm³/mol. The van der Waals surface area contributed by atoms with Crippen LogP contribution < -0.4 is 10.1 Å². The first-order chi connectivity index (χ1) is 12.7. The van der Waals surface area contributed by atoms with Crippen LogP contribution in [0.2, 0.25) is 0 Å². The Bertz CT molecular complexity index is 994. The van der Waals surface area contributed by atoms with Gasteiger partial charge < -0.3 is 10.1 Å². The third-order valence-corrected chi connectivity index (χ3v) is 4.49. The number of imidazole rings is 1. The highest BCUT2D eigenvalue weighted by molar-refractivity contribution is 7.14. The van der Waals surface area contributed by atoms with Gasteiger partial charge in [-0.2, -0.15) is 10.2 Å². The molecule has 0 fully saturated rings. The van der Waals surface area contributed by atoms with Gasteiger partial charge in [0.05, 0.1) is 23.6 Å². The maximum Gasteiger partial charge on any atom is 0.272 e. The van der Waals surface area contributed by atoms with Crippen LogP contribution >= 0.6 is 11.3 Å². The molecule has 2 N–H and O–H groups in total. The van der Waals surface area contributed by atoms with E-state index in [9.17, 15) is 4.79 Å². The van der Waals surface area contributed by atoms with Crippen LogP contribution in [0.15, 0.2) is 48.1 Å². The van der Waals surface area contributed by atoms with Gasteiger partial charge in [0.2, 0.25) is 4.96 Å². The average molecular weight is 368 g/mol. The third-order valence-electron chi connectivity index (χ3n) is 3.80. The highest BCUT2D eigenvalue weighted by atomic mass is 32.1. The van der Waals surface area contributed by atoms with Crippen molar-refractivity contribution in [1.29, 1.82) is 0 Å². The molecule has 1 aromatic carbocycles. The number of aromatic nitrogens is 5. The van der Waals surface area contributed by atoms with Crippen LogP contribution in [-0.4, -0.2) is 30.7 Å². The van der Waals surface area contributed by atoms with Crippen LogP contribution in [0.5, 0.6) is 5.75 Å². The molecule has 1 unspecified atom stereocenters. The number of para-hydroxylation sites is 1. The molecule has 0 aliphatic carbocycles. The number of aromatic amines is 1. The standard InChI is InChI=1S/C17H16N6O2S/c1-11(15-8-23-17(20-15)26-10-18-23)19-16(24)14-7-12(21-22-14)9-25-13-5-3-2-4-6-13/h2-8,10-11H,9H2,1H3,(H,19,24)(H,21,22). The van der Waals surface area contributed by atoms with Gasteiger partial charge in [0.1, 0.15) is 23.6 Å². The zero-order valence-corrected chi connectivity index (χ0v) is 14.7. The van der Waals surface area contributed by atoms with E-state index in [1.807, 2.05) is 37.3 Å². The van der Waals surface area contributed by atoms with Crippen molar-refractivity contribution in [1.82, 2.24) is 30.1 Å². The summed E-state index contributed by atoms with van der Waals surface area (Å²) in [5, 5.41) is 13.9.